The van der Waals surface area contributed by atoms with Crippen LogP contribution < -0.4 is 25.8 Å². The largest absolute Gasteiger partial charge is 0.368 e. The van der Waals surface area contributed by atoms with Gasteiger partial charge in [-0.25, -0.2) is 0 Å². The van der Waals surface area contributed by atoms with E-state index in [-0.39, 0.29) is 35.5 Å². The van der Waals surface area contributed by atoms with Gasteiger partial charge in [0, 0.05) is 89.6 Å². The number of nitriles is 1. The lowest BCUT2D eigenvalue weighted by molar-refractivity contribution is 0.112. The minimum Gasteiger partial charge on any atom is -0.368 e. The summed E-state index contributed by atoms with van der Waals surface area (Å²) in [6, 6.07) is 34.8. The molecule has 7 nitrogen and oxygen atoms in total. The number of alkyl halides is 2. The summed E-state index contributed by atoms with van der Waals surface area (Å²) < 4.78 is 2.22. The maximum Gasteiger partial charge on any atom is 0.150 e. The number of rotatable bonds is 5. The van der Waals surface area contributed by atoms with Gasteiger partial charge in [-0.15, -0.1) is 47.2 Å². The zero-order chi connectivity index (χ0) is 32.0. The molecule has 0 bridgehead atoms. The number of nitrogens with zero attached hydrogens (tertiary/aromatic N) is 5. The second-order valence-electron chi connectivity index (χ2n) is 10.4. The van der Waals surface area contributed by atoms with Crippen LogP contribution in [0.3, 0.4) is 0 Å². The topological polar surface area (TPSA) is 88.8 Å². The molecule has 0 unspecified atom stereocenters. The lowest BCUT2D eigenvalue weighted by atomic mass is 10.2. The van der Waals surface area contributed by atoms with Crippen LogP contribution in [0.1, 0.15) is 15.9 Å². The molecule has 2 aliphatic heterocycles. The number of carbonyl (C=O) groups excluding carboxylic acids is 1. The van der Waals surface area contributed by atoms with Crippen molar-refractivity contribution in [1.82, 2.24) is 6.15 Å². The summed E-state index contributed by atoms with van der Waals surface area (Å²) in [6.07, 6.45) is 0.884. The van der Waals surface area contributed by atoms with E-state index in [1.165, 1.54) is 22.7 Å². The van der Waals surface area contributed by atoms with Gasteiger partial charge in [0.1, 0.15) is 6.29 Å². The fraction of sp³-hybridized carbons (Fsp3) is 0.257. The molecule has 6 rings (SSSR count). The number of piperazine rings is 2. The van der Waals surface area contributed by atoms with Crippen LogP contribution >= 0.6 is 79.0 Å². The predicted octanol–water partition coefficient (Wildman–Crippen LogP) is 9.44. The van der Waals surface area contributed by atoms with Gasteiger partial charge in [-0.05, 0) is 97.1 Å². The number of anilines is 4. The Labute approximate surface area is 322 Å². The third-order valence-corrected chi connectivity index (χ3v) is 8.76. The van der Waals surface area contributed by atoms with Gasteiger partial charge in [-0.3, -0.25) is 4.79 Å². The molecule has 0 aliphatic carbocycles. The summed E-state index contributed by atoms with van der Waals surface area (Å²) in [5, 5.41) is 9.04. The minimum atomic E-state index is 0. The lowest BCUT2D eigenvalue weighted by Gasteiger charge is -2.37. The maximum absolute atomic E-state index is 10.7. The molecule has 2 heterocycles. The maximum atomic E-state index is 10.7. The Hall–Kier alpha value is -2.53. The van der Waals surface area contributed by atoms with E-state index in [9.17, 15) is 4.79 Å². The highest BCUT2D eigenvalue weighted by molar-refractivity contribution is 14.0. The van der Waals surface area contributed by atoms with E-state index in [1.807, 2.05) is 48.5 Å². The summed E-state index contributed by atoms with van der Waals surface area (Å²) in [5.41, 5.74) is 6.38. The van der Waals surface area contributed by atoms with Gasteiger partial charge in [-0.2, -0.15) is 5.26 Å². The molecule has 3 N–H and O–H groups in total. The van der Waals surface area contributed by atoms with Gasteiger partial charge in [0.25, 0.3) is 0 Å². The van der Waals surface area contributed by atoms with Crippen molar-refractivity contribution in [2.45, 2.75) is 0 Å². The van der Waals surface area contributed by atoms with E-state index in [4.69, 9.17) is 28.5 Å². The average molecular weight is 917 g/mol. The Morgan fingerprint density at radius 2 is 0.830 bits per heavy atom. The van der Waals surface area contributed by atoms with Crippen molar-refractivity contribution in [3.63, 3.8) is 0 Å². The van der Waals surface area contributed by atoms with Crippen molar-refractivity contribution < 1.29 is 4.79 Å². The monoisotopic (exact) mass is 914 g/mol. The highest BCUT2D eigenvalue weighted by Crippen LogP contribution is 2.24. The molecule has 0 saturated carbocycles. The van der Waals surface area contributed by atoms with Crippen LogP contribution in [0.15, 0.2) is 106 Å². The molecule has 4 aromatic rings. The van der Waals surface area contributed by atoms with Crippen molar-refractivity contribution in [3.8, 4) is 6.07 Å². The first-order chi connectivity index (χ1) is 21.9. The Morgan fingerprint density at radius 3 is 1.09 bits per heavy atom. The summed E-state index contributed by atoms with van der Waals surface area (Å²) in [5.74, 6) is 0. The summed E-state index contributed by atoms with van der Waals surface area (Å²) in [6.45, 7) is 8.05. The quantitative estimate of drug-likeness (QED) is 0.121. The van der Waals surface area contributed by atoms with E-state index in [0.29, 0.717) is 5.56 Å². The fourth-order valence-corrected chi connectivity index (χ4v) is 5.79. The van der Waals surface area contributed by atoms with Crippen LogP contribution in [0, 0.1) is 11.3 Å². The van der Waals surface area contributed by atoms with Crippen molar-refractivity contribution in [1.29, 1.82) is 5.26 Å². The zero-order valence-electron chi connectivity index (χ0n) is 26.0. The molecular formula is C35H39Br2Cl2IN6O. The van der Waals surface area contributed by atoms with Gasteiger partial charge in [0.05, 0.1) is 17.0 Å². The Balaban J connectivity index is 0.000000290. The third kappa shape index (κ3) is 12.5. The second kappa shape index (κ2) is 21.4. The molecule has 47 heavy (non-hydrogen) atoms. The van der Waals surface area contributed by atoms with Crippen molar-refractivity contribution in [2.24, 2.45) is 0 Å². The Kier molecular flexibility index (Phi) is 18.5. The highest BCUT2D eigenvalue weighted by Gasteiger charge is 2.18. The molecule has 0 spiro atoms. The molecule has 250 valence electrons. The predicted molar refractivity (Wildman–Crippen MR) is 217 cm³/mol. The van der Waals surface area contributed by atoms with E-state index in [0.717, 1.165) is 73.2 Å². The molecule has 2 aliphatic rings. The standard InChI is InChI=1S/C17H16BrN3.C17H17BrN2O.CH2Cl2.HI.H3N/c18-15-3-7-17(8-4-15)21-11-9-20(10-12-21)16-5-1-14(13-19)2-6-16;18-15-3-7-17(8-4-15)20-11-9-19(10-12-20)16-5-1-14(13-21)2-6-16;2-1-3;;/h1-8H,9-12H2;1-8,13H,9-12H2;1H2;1H;1H3. The number of hydrogen-bond donors (Lipinski definition) is 1. The van der Waals surface area contributed by atoms with Gasteiger partial charge in [0.2, 0.25) is 0 Å². The molecule has 0 atom stereocenters. The van der Waals surface area contributed by atoms with Crippen LogP contribution in [0.25, 0.3) is 0 Å². The summed E-state index contributed by atoms with van der Waals surface area (Å²) >= 11 is 16.5. The average Bonchev–Trinajstić information content (AvgIpc) is 3.10. The molecule has 0 radical (unpaired) electrons. The van der Waals surface area contributed by atoms with Crippen molar-refractivity contribution in [2.75, 3.05) is 77.3 Å². The first-order valence-corrected chi connectivity index (χ1v) is 17.3. The van der Waals surface area contributed by atoms with E-state index in [2.05, 4.69) is 106 Å². The van der Waals surface area contributed by atoms with Gasteiger partial charge < -0.3 is 25.8 Å². The first kappa shape index (κ1) is 40.6. The highest BCUT2D eigenvalue weighted by atomic mass is 127. The molecule has 4 aromatic carbocycles. The van der Waals surface area contributed by atoms with E-state index >= 15 is 0 Å². The van der Waals surface area contributed by atoms with E-state index < -0.39 is 0 Å². The number of benzene rings is 4. The summed E-state index contributed by atoms with van der Waals surface area (Å²) in [4.78, 5) is 20.2. The minimum absolute atomic E-state index is 0. The Bertz CT molecular complexity index is 1510. The van der Waals surface area contributed by atoms with Crippen LogP contribution in [0.2, 0.25) is 0 Å². The number of hydrogen-bond acceptors (Lipinski definition) is 7. The molecule has 2 saturated heterocycles. The number of halogens is 5. The van der Waals surface area contributed by atoms with Crippen LogP contribution in [-0.4, -0.2) is 64.0 Å². The van der Waals surface area contributed by atoms with E-state index in [1.54, 1.807) is 0 Å². The van der Waals surface area contributed by atoms with Gasteiger partial charge >= 0.3 is 0 Å². The second-order valence-corrected chi connectivity index (χ2v) is 13.0. The van der Waals surface area contributed by atoms with Gasteiger partial charge in [0.15, 0.2) is 0 Å². The Morgan fingerprint density at radius 1 is 0.574 bits per heavy atom. The van der Waals surface area contributed by atoms with Gasteiger partial charge in [-0.1, -0.05) is 31.9 Å². The normalized spacial score (nSPS) is 13.8. The third-order valence-electron chi connectivity index (χ3n) is 7.70. The first-order valence-electron chi connectivity index (χ1n) is 14.6. The lowest BCUT2D eigenvalue weighted by Crippen LogP contribution is -2.46. The fourth-order valence-electron chi connectivity index (χ4n) is 5.26. The molecular weight excluding hydrogens is 878 g/mol. The number of aldehydes is 1. The van der Waals surface area contributed by atoms with Crippen LogP contribution in [0.5, 0.6) is 0 Å². The van der Waals surface area contributed by atoms with Crippen molar-refractivity contribution in [3.05, 3.63) is 117 Å². The van der Waals surface area contributed by atoms with Crippen molar-refractivity contribution >= 4 is 108 Å². The molecule has 12 heteroatoms. The molecule has 0 aromatic heterocycles. The van der Waals surface area contributed by atoms with Crippen LogP contribution in [0.4, 0.5) is 22.7 Å². The SMILES string of the molecule is ClCCl.I.N.N#Cc1ccc(N2CCN(c3ccc(Br)cc3)CC2)cc1.O=Cc1ccc(N2CCN(c3ccc(Br)cc3)CC2)cc1. The number of carbonyl (C=O) groups is 1. The van der Waals surface area contributed by atoms with Crippen LogP contribution in [-0.2, 0) is 0 Å². The molecule has 0 amide bonds. The zero-order valence-corrected chi connectivity index (χ0v) is 33.0. The summed E-state index contributed by atoms with van der Waals surface area (Å²) in [7, 11) is 0. The smallest absolute Gasteiger partial charge is 0.150 e. The molecule has 2 fully saturated rings.